The standard InChI is InChI=1S/C28H28NSi2.C26H31N2Si.C21H20NOSi.3C11H8N.3Ir/c1-30(2,3)28-19-29-25(18-23(28)20-11-7-6-8-12-20)21-15-16-27-24(17-21)22-13-9-10-14-26(22)31(27,4)5;1-7-18(3)21-16-23(27-17-26(21)29(4,5)6)19-13-14-25-22(15-19)20-11-9-10-12-24(20)28(25)8-2;1-14-12-18(22-13-20(14)24(2,3)4)17-10-7-9-16-15-8-5-6-11-19(15)23-21(16)17;3*1-2-6-10(7-3-1)11-8-4-5-9-12-11;;;/h6-14,16-19H,1-5H3;9-12,14-18H,7-8H2,1-6H3;5-9,11-13H,1-4H3;3*1-6,8-9H;;;/q6*-1;;;/i;;;1D,2D,3D,4D,5D,6D,8D,9D;2*1D,2D,3D,6D;;;. The van der Waals surface area contributed by atoms with Gasteiger partial charge in [-0.25, -0.2) is 0 Å². The predicted molar refractivity (Wildman–Crippen MR) is 517 cm³/mol. The fraction of sp³-hybridized carbons (Fsp3) is 0.167. The number of benzene rings is 10. The van der Waals surface area contributed by atoms with E-state index >= 15 is 0 Å². The molecule has 0 N–H and O–H groups in total. The number of furan rings is 1. The third-order valence-corrected chi connectivity index (χ3v) is 31.1. The first-order valence-corrected chi connectivity index (χ1v) is 53.8. The third-order valence-electron chi connectivity index (χ3n) is 21.3. The summed E-state index contributed by atoms with van der Waals surface area (Å²) in [6, 6.07) is 79.8. The molecule has 19 rings (SSSR count). The topological polar surface area (TPSA) is 95.4 Å². The van der Waals surface area contributed by atoms with Crippen LogP contribution < -0.4 is 25.9 Å². The molecule has 0 aliphatic carbocycles. The molecule has 0 saturated heterocycles. The Bertz CT molecular complexity index is 7420. The zero-order chi connectivity index (χ0) is 98.1. The number of nitrogens with zero attached hydrogens (tertiary/aromatic N) is 7. The van der Waals surface area contributed by atoms with Gasteiger partial charge in [-0.2, -0.15) is 0 Å². The summed E-state index contributed by atoms with van der Waals surface area (Å²) in [5, 5.41) is 12.2. The van der Waals surface area contributed by atoms with Gasteiger partial charge in [-0.3, -0.25) is 0 Å². The summed E-state index contributed by atoms with van der Waals surface area (Å²) in [4.78, 5) is 26.3. The zero-order valence-electron chi connectivity index (χ0n) is 87.4. The van der Waals surface area contributed by atoms with E-state index in [1.54, 1.807) is 48.8 Å². The number of hydrogen-bond acceptors (Lipinski definition) is 7. The molecule has 1 aliphatic rings. The van der Waals surface area contributed by atoms with Gasteiger partial charge >= 0.3 is 0 Å². The molecule has 15 heteroatoms. The number of para-hydroxylation sites is 2. The van der Waals surface area contributed by atoms with Gasteiger partial charge in [0, 0.05) is 123 Å². The van der Waals surface area contributed by atoms with E-state index in [0.717, 1.165) is 68.7 Å². The Labute approximate surface area is 794 Å². The molecule has 1 aliphatic heterocycles. The quantitative estimate of drug-likeness (QED) is 0.0838. The van der Waals surface area contributed by atoms with Crippen molar-refractivity contribution >= 4 is 102 Å². The van der Waals surface area contributed by atoms with E-state index in [2.05, 4.69) is 301 Å². The molecule has 0 spiro atoms. The molecule has 0 fully saturated rings. The van der Waals surface area contributed by atoms with Crippen molar-refractivity contribution in [3.05, 3.63) is 369 Å². The van der Waals surface area contributed by atoms with Gasteiger partial charge < -0.3 is 38.9 Å². The molecule has 123 heavy (non-hydrogen) atoms. The molecule has 10 aromatic carbocycles. The maximum atomic E-state index is 7.75. The van der Waals surface area contributed by atoms with E-state index in [1.807, 2.05) is 30.5 Å². The number of aryl methyl sites for hydroxylation is 2. The molecular formula is C108H103Ir3N7OSi4-6. The molecule has 0 saturated carbocycles. The fourth-order valence-corrected chi connectivity index (χ4v) is 22.9. The summed E-state index contributed by atoms with van der Waals surface area (Å²) in [7, 11) is -6.00. The van der Waals surface area contributed by atoms with Crippen LogP contribution in [0, 0.1) is 43.3 Å². The number of hydrogen-bond donors (Lipinski definition) is 0. The minimum Gasteiger partial charge on any atom is -0.501 e. The van der Waals surface area contributed by atoms with Crippen molar-refractivity contribution in [2.24, 2.45) is 0 Å². The summed E-state index contributed by atoms with van der Waals surface area (Å²) >= 11 is 0. The molecule has 625 valence electrons. The number of rotatable bonds is 13. The van der Waals surface area contributed by atoms with Crippen molar-refractivity contribution in [2.75, 3.05) is 0 Å². The van der Waals surface area contributed by atoms with Crippen LogP contribution >= 0.6 is 0 Å². The number of fused-ring (bicyclic) bond motifs is 9. The Balaban J connectivity index is 0.000000162. The second-order valence-corrected chi connectivity index (χ2v) is 52.3. The van der Waals surface area contributed by atoms with Crippen molar-refractivity contribution in [3.8, 4) is 89.8 Å². The minimum atomic E-state index is -1.65. The van der Waals surface area contributed by atoms with Crippen molar-refractivity contribution in [3.63, 3.8) is 0 Å². The van der Waals surface area contributed by atoms with Crippen LogP contribution in [0.3, 0.4) is 0 Å². The van der Waals surface area contributed by atoms with Crippen LogP contribution in [0.4, 0.5) is 0 Å². The van der Waals surface area contributed by atoms with Crippen LogP contribution in [0.25, 0.3) is 134 Å². The number of aromatic nitrogens is 7. The fourth-order valence-electron chi connectivity index (χ4n) is 15.0. The van der Waals surface area contributed by atoms with Crippen molar-refractivity contribution in [1.82, 2.24) is 34.5 Å². The normalized spacial score (nSPS) is 13.7. The number of pyridine rings is 6. The molecule has 0 amide bonds. The van der Waals surface area contributed by atoms with Gasteiger partial charge in [-0.15, -0.1) is 178 Å². The maximum absolute atomic E-state index is 7.75. The predicted octanol–water partition coefficient (Wildman–Crippen LogP) is 25.2. The first-order valence-electron chi connectivity index (χ1n) is 48.3. The summed E-state index contributed by atoms with van der Waals surface area (Å²) in [6.07, 6.45) is 10.1. The second kappa shape index (κ2) is 41.8. The van der Waals surface area contributed by atoms with Crippen molar-refractivity contribution in [1.29, 1.82) is 0 Å². The molecule has 8 aromatic heterocycles. The minimum absolute atomic E-state index is 0. The van der Waals surface area contributed by atoms with E-state index < -0.39 is 80.8 Å². The van der Waals surface area contributed by atoms with Gasteiger partial charge in [-0.1, -0.05) is 270 Å². The zero-order valence-corrected chi connectivity index (χ0v) is 82.6. The van der Waals surface area contributed by atoms with Gasteiger partial charge in [0.15, 0.2) is 0 Å². The summed E-state index contributed by atoms with van der Waals surface area (Å²) < 4.78 is 129. The largest absolute Gasteiger partial charge is 0.501 e. The van der Waals surface area contributed by atoms with Gasteiger partial charge in [0.1, 0.15) is 5.58 Å². The van der Waals surface area contributed by atoms with Gasteiger partial charge in [0.2, 0.25) is 0 Å². The molecule has 18 aromatic rings. The van der Waals surface area contributed by atoms with Gasteiger partial charge in [0.05, 0.1) is 43.4 Å². The smallest absolute Gasteiger partial charge is 0.120 e. The SMILES string of the molecule is CCC(C)c1cc(-c2[c-]cc3c(c2)c2ccccc2n3CC)ncc1[Si](C)(C)C.C[Si](C)(C)c1cnc(-c2[c-]cc3c(c2)-c2ccccc2[Si]3(C)C)cc1-c1ccccc1.Cc1cc(-c2[c-]ccc3c2oc2ccccc23)ncc1[Si](C)(C)C.[2H]c1[c-]c(-c2ccccn2)c([2H])c([2H])c1[2H].[2H]c1[c-]c(-c2ccccn2)c([2H])c([2H])c1[2H].[2H]c1[c-]c(-c2nc([2H])c([2H])c([2H])c2[2H])c([2H])c([2H])c1[2H].[Ir].[Ir].[Ir]. The van der Waals surface area contributed by atoms with Crippen LogP contribution in [-0.2, 0) is 66.9 Å². The van der Waals surface area contributed by atoms with Crippen molar-refractivity contribution in [2.45, 2.75) is 119 Å². The van der Waals surface area contributed by atoms with E-state index in [-0.39, 0.29) is 120 Å². The van der Waals surface area contributed by atoms with E-state index in [9.17, 15) is 0 Å². The van der Waals surface area contributed by atoms with Gasteiger partial charge in [-0.05, 0) is 142 Å². The Morgan fingerprint density at radius 3 is 1.59 bits per heavy atom. The Kier molecular flexibility index (Phi) is 24.8. The molecular weight excluding hydrogens is 2100 g/mol. The van der Waals surface area contributed by atoms with Gasteiger partial charge in [0.25, 0.3) is 0 Å². The molecule has 8 nitrogen and oxygen atoms in total. The average Bonchev–Trinajstić information content (AvgIpc) is 1.57. The van der Waals surface area contributed by atoms with Crippen LogP contribution in [0.5, 0.6) is 0 Å². The van der Waals surface area contributed by atoms with E-state index in [0.29, 0.717) is 28.4 Å². The molecule has 9 heterocycles. The third kappa shape index (κ3) is 21.8. The van der Waals surface area contributed by atoms with Crippen LogP contribution in [0.1, 0.15) is 66.2 Å². The van der Waals surface area contributed by atoms with Crippen molar-refractivity contribution < 1.29 is 86.7 Å². The maximum Gasteiger partial charge on any atom is 0.120 e. The first-order chi connectivity index (χ1) is 64.5. The molecule has 3 radical (unpaired) electrons. The van der Waals surface area contributed by atoms with E-state index in [1.165, 1.54) is 81.1 Å². The second-order valence-electron chi connectivity index (χ2n) is 32.9. The monoisotopic (exact) mass is 2220 g/mol. The Morgan fingerprint density at radius 2 is 0.967 bits per heavy atom. The summed E-state index contributed by atoms with van der Waals surface area (Å²) in [5.74, 6) is 0.546. The summed E-state index contributed by atoms with van der Waals surface area (Å²) in [5.41, 5.74) is 19.7. The first kappa shape index (κ1) is 72.9. The molecule has 0 bridgehead atoms. The Hall–Kier alpha value is -10.5. The average molecular weight is 2220 g/mol. The molecule has 1 atom stereocenters. The Morgan fingerprint density at radius 1 is 0.423 bits per heavy atom. The molecule has 1 unspecified atom stereocenters. The van der Waals surface area contributed by atoms with Crippen LogP contribution in [0.15, 0.2) is 326 Å². The van der Waals surface area contributed by atoms with Crippen LogP contribution in [-0.4, -0.2) is 66.8 Å². The summed E-state index contributed by atoms with van der Waals surface area (Å²) in [6.45, 7) is 36.3. The van der Waals surface area contributed by atoms with E-state index in [4.69, 9.17) is 41.3 Å². The van der Waals surface area contributed by atoms with Crippen LogP contribution in [0.2, 0.25) is 72.0 Å².